The molecule has 1 aromatic heterocycles. The smallest absolute Gasteiger partial charge is 0.0750 e. The Morgan fingerprint density at radius 2 is 2.18 bits per heavy atom. The first-order chi connectivity index (χ1) is 8.16. The van der Waals surface area contributed by atoms with Crippen molar-refractivity contribution < 1.29 is 0 Å². The molecule has 1 aromatic carbocycles. The number of hydrogen-bond donors (Lipinski definition) is 0. The fourth-order valence-corrected chi connectivity index (χ4v) is 4.40. The van der Waals surface area contributed by atoms with E-state index in [0.717, 1.165) is 6.42 Å². The Balaban J connectivity index is 1.88. The first-order valence-corrected chi connectivity index (χ1v) is 7.69. The summed E-state index contributed by atoms with van der Waals surface area (Å²) >= 11 is 12.0. The van der Waals surface area contributed by atoms with Gasteiger partial charge in [0.1, 0.15) is 0 Å². The number of rotatable bonds is 2. The number of halogens is 2. The molecule has 88 valence electrons. The van der Waals surface area contributed by atoms with Crippen molar-refractivity contribution in [3.05, 3.63) is 55.7 Å². The highest BCUT2D eigenvalue weighted by atomic mass is 79.9. The van der Waals surface area contributed by atoms with E-state index in [1.807, 2.05) is 0 Å². The second kappa shape index (κ2) is 4.42. The summed E-state index contributed by atoms with van der Waals surface area (Å²) in [6.45, 7) is 2.12. The van der Waals surface area contributed by atoms with E-state index < -0.39 is 0 Å². The molecule has 0 spiro atoms. The number of benzene rings is 1. The summed E-state index contributed by atoms with van der Waals surface area (Å²) in [6.07, 6.45) is 1.11. The minimum absolute atomic E-state index is 0.111. The molecule has 0 aliphatic heterocycles. The van der Waals surface area contributed by atoms with E-state index in [-0.39, 0.29) is 5.38 Å². The summed E-state index contributed by atoms with van der Waals surface area (Å²) in [5, 5.41) is 0.111. The minimum Gasteiger partial charge on any atom is -0.143 e. The monoisotopic (exact) mass is 326 g/mol. The van der Waals surface area contributed by atoms with Crippen molar-refractivity contribution >= 4 is 38.9 Å². The highest BCUT2D eigenvalue weighted by Gasteiger charge is 2.33. The number of hydrogen-bond acceptors (Lipinski definition) is 1. The third kappa shape index (κ3) is 1.96. The third-order valence-corrected chi connectivity index (χ3v) is 6.28. The number of thiophene rings is 1. The maximum absolute atomic E-state index is 6.61. The Morgan fingerprint density at radius 3 is 2.82 bits per heavy atom. The SMILES string of the molecule is Cc1sc(C(Cl)C2Cc3ccccc32)cc1Br. The Kier molecular flexibility index (Phi) is 3.06. The zero-order valence-corrected chi connectivity index (χ0v) is 12.6. The Hall–Kier alpha value is -0.310. The second-order valence-electron chi connectivity index (χ2n) is 4.46. The maximum Gasteiger partial charge on any atom is 0.0750 e. The molecule has 0 nitrogen and oxygen atoms in total. The van der Waals surface area contributed by atoms with Gasteiger partial charge in [0.15, 0.2) is 0 Å². The van der Waals surface area contributed by atoms with Crippen LogP contribution in [0.15, 0.2) is 34.8 Å². The highest BCUT2D eigenvalue weighted by molar-refractivity contribution is 9.10. The lowest BCUT2D eigenvalue weighted by atomic mass is 9.75. The van der Waals surface area contributed by atoms with Crippen LogP contribution in [0.4, 0.5) is 0 Å². The first kappa shape index (κ1) is 11.8. The van der Waals surface area contributed by atoms with Crippen LogP contribution in [0.5, 0.6) is 0 Å². The van der Waals surface area contributed by atoms with Gasteiger partial charge in [0.2, 0.25) is 0 Å². The fourth-order valence-electron chi connectivity index (χ4n) is 2.37. The van der Waals surface area contributed by atoms with Gasteiger partial charge >= 0.3 is 0 Å². The lowest BCUT2D eigenvalue weighted by molar-refractivity contribution is 0.592. The molecule has 1 aliphatic carbocycles. The van der Waals surface area contributed by atoms with Crippen LogP contribution in [0.2, 0.25) is 0 Å². The van der Waals surface area contributed by atoms with Crippen LogP contribution in [0.25, 0.3) is 0 Å². The molecule has 2 aromatic rings. The molecule has 17 heavy (non-hydrogen) atoms. The van der Waals surface area contributed by atoms with Crippen molar-refractivity contribution in [2.24, 2.45) is 0 Å². The first-order valence-electron chi connectivity index (χ1n) is 5.64. The average molecular weight is 328 g/mol. The largest absolute Gasteiger partial charge is 0.143 e. The van der Waals surface area contributed by atoms with E-state index in [9.17, 15) is 0 Å². The van der Waals surface area contributed by atoms with Crippen LogP contribution in [0, 0.1) is 6.92 Å². The lowest BCUT2D eigenvalue weighted by Gasteiger charge is -2.33. The van der Waals surface area contributed by atoms with Gasteiger partial charge in [-0.2, -0.15) is 0 Å². The van der Waals surface area contributed by atoms with Crippen LogP contribution in [0.3, 0.4) is 0 Å². The van der Waals surface area contributed by atoms with Gasteiger partial charge < -0.3 is 0 Å². The molecule has 3 rings (SSSR count). The summed E-state index contributed by atoms with van der Waals surface area (Å²) in [5.41, 5.74) is 2.88. The third-order valence-electron chi connectivity index (χ3n) is 3.40. The van der Waals surface area contributed by atoms with Crippen molar-refractivity contribution in [1.29, 1.82) is 0 Å². The lowest BCUT2D eigenvalue weighted by Crippen LogP contribution is -2.20. The molecule has 2 atom stereocenters. The molecule has 1 aliphatic rings. The summed E-state index contributed by atoms with van der Waals surface area (Å²) < 4.78 is 1.18. The predicted octanol–water partition coefficient (Wildman–Crippen LogP) is 5.44. The number of aryl methyl sites for hydroxylation is 1. The molecule has 0 N–H and O–H groups in total. The van der Waals surface area contributed by atoms with Crippen molar-refractivity contribution in [2.45, 2.75) is 24.6 Å². The van der Waals surface area contributed by atoms with Gasteiger partial charge in [-0.25, -0.2) is 0 Å². The normalized spacial score (nSPS) is 19.6. The van der Waals surface area contributed by atoms with Gasteiger partial charge in [-0.05, 0) is 46.5 Å². The molecule has 0 bridgehead atoms. The zero-order valence-electron chi connectivity index (χ0n) is 9.41. The van der Waals surface area contributed by atoms with E-state index in [4.69, 9.17) is 11.6 Å². The van der Waals surface area contributed by atoms with E-state index in [0.29, 0.717) is 5.92 Å². The van der Waals surface area contributed by atoms with Crippen molar-refractivity contribution in [2.75, 3.05) is 0 Å². The van der Waals surface area contributed by atoms with Crippen molar-refractivity contribution in [1.82, 2.24) is 0 Å². The van der Waals surface area contributed by atoms with Crippen molar-refractivity contribution in [3.63, 3.8) is 0 Å². The Labute approximate surface area is 119 Å². The Bertz CT molecular complexity index is 542. The average Bonchev–Trinajstić information content (AvgIpc) is 2.61. The molecule has 0 fully saturated rings. The summed E-state index contributed by atoms with van der Waals surface area (Å²) in [5.74, 6) is 0.484. The summed E-state index contributed by atoms with van der Waals surface area (Å²) in [7, 11) is 0. The van der Waals surface area contributed by atoms with Crippen LogP contribution >= 0.6 is 38.9 Å². The molecular formula is C14H12BrClS. The number of alkyl halides is 1. The quantitative estimate of drug-likeness (QED) is 0.644. The van der Waals surface area contributed by atoms with Crippen molar-refractivity contribution in [3.8, 4) is 0 Å². The number of fused-ring (bicyclic) bond motifs is 1. The molecule has 0 saturated heterocycles. The van der Waals surface area contributed by atoms with Crippen LogP contribution < -0.4 is 0 Å². The van der Waals surface area contributed by atoms with Gasteiger partial charge in [-0.1, -0.05) is 24.3 Å². The van der Waals surface area contributed by atoms with Gasteiger partial charge in [0.05, 0.1) is 5.38 Å². The maximum atomic E-state index is 6.61. The van der Waals surface area contributed by atoms with E-state index >= 15 is 0 Å². The van der Waals surface area contributed by atoms with E-state index in [2.05, 4.69) is 53.2 Å². The molecule has 3 heteroatoms. The zero-order chi connectivity index (χ0) is 12.0. The fraction of sp³-hybridized carbons (Fsp3) is 0.286. The van der Waals surface area contributed by atoms with E-state index in [1.165, 1.54) is 25.4 Å². The molecule has 2 unspecified atom stereocenters. The molecule has 1 heterocycles. The topological polar surface area (TPSA) is 0 Å². The van der Waals surface area contributed by atoms with Crippen LogP contribution in [0.1, 0.15) is 32.2 Å². The van der Waals surface area contributed by atoms with Crippen LogP contribution in [-0.4, -0.2) is 0 Å². The van der Waals surface area contributed by atoms with Crippen LogP contribution in [-0.2, 0) is 6.42 Å². The molecular weight excluding hydrogens is 316 g/mol. The summed E-state index contributed by atoms with van der Waals surface area (Å²) in [4.78, 5) is 2.58. The standard InChI is InChI=1S/C14H12BrClS/c1-8-12(15)7-13(17-8)14(16)11-6-9-4-2-3-5-10(9)11/h2-5,7,11,14H,6H2,1H3. The Morgan fingerprint density at radius 1 is 1.41 bits per heavy atom. The molecule has 0 amide bonds. The highest BCUT2D eigenvalue weighted by Crippen LogP contribution is 2.49. The second-order valence-corrected chi connectivity index (χ2v) is 7.08. The van der Waals surface area contributed by atoms with E-state index in [1.54, 1.807) is 11.3 Å². The predicted molar refractivity (Wildman–Crippen MR) is 78.2 cm³/mol. The van der Waals surface area contributed by atoms with Gasteiger partial charge in [0.25, 0.3) is 0 Å². The van der Waals surface area contributed by atoms with Gasteiger partial charge in [-0.15, -0.1) is 22.9 Å². The minimum atomic E-state index is 0.111. The molecule has 0 radical (unpaired) electrons. The summed E-state index contributed by atoms with van der Waals surface area (Å²) in [6, 6.07) is 10.8. The van der Waals surface area contributed by atoms with Gasteiger partial charge in [-0.3, -0.25) is 0 Å². The van der Waals surface area contributed by atoms with Gasteiger partial charge in [0, 0.05) is 20.1 Å². The molecule has 0 saturated carbocycles.